The smallest absolute Gasteiger partial charge is 0.232 e. The summed E-state index contributed by atoms with van der Waals surface area (Å²) in [6.45, 7) is 6.71. The van der Waals surface area contributed by atoms with Gasteiger partial charge >= 0.3 is 0 Å². The molecule has 0 spiro atoms. The maximum atomic E-state index is 13.8. The maximum absolute atomic E-state index is 13.8. The van der Waals surface area contributed by atoms with Gasteiger partial charge < -0.3 is 4.74 Å². The van der Waals surface area contributed by atoms with Crippen LogP contribution in [0.3, 0.4) is 0 Å². The van der Waals surface area contributed by atoms with Crippen LogP contribution in [0.25, 0.3) is 0 Å². The maximum Gasteiger partial charge on any atom is 0.232 e. The van der Waals surface area contributed by atoms with E-state index in [9.17, 15) is 14.9 Å². The monoisotopic (exact) mass is 488 g/mol. The number of thiophene rings is 1. The van der Waals surface area contributed by atoms with Crippen LogP contribution in [0.5, 0.6) is 5.75 Å². The molecule has 5 nitrogen and oxygen atoms in total. The molecule has 6 heteroatoms. The van der Waals surface area contributed by atoms with Crippen molar-refractivity contribution in [1.29, 1.82) is 5.26 Å². The van der Waals surface area contributed by atoms with Gasteiger partial charge in [-0.05, 0) is 67.7 Å². The first-order valence-corrected chi connectivity index (χ1v) is 13.5. The second kappa shape index (κ2) is 9.28. The van der Waals surface area contributed by atoms with Crippen LogP contribution in [0.4, 0.5) is 5.00 Å². The normalized spacial score (nSPS) is 21.8. The fourth-order valence-corrected chi connectivity index (χ4v) is 7.28. The van der Waals surface area contributed by atoms with Crippen LogP contribution >= 0.6 is 11.3 Å². The highest BCUT2D eigenvalue weighted by Gasteiger charge is 2.45. The number of aryl methyl sites for hydroxylation is 1. The summed E-state index contributed by atoms with van der Waals surface area (Å²) in [5.41, 5.74) is 4.04. The molecule has 1 aromatic carbocycles. The van der Waals surface area contributed by atoms with Crippen molar-refractivity contribution in [1.82, 2.24) is 0 Å². The number of nitrogens with zero attached hydrogens (tertiary/aromatic N) is 2. The zero-order valence-electron chi connectivity index (χ0n) is 20.8. The molecule has 0 radical (unpaired) electrons. The molecule has 0 N–H and O–H groups in total. The lowest BCUT2D eigenvalue weighted by Gasteiger charge is -2.42. The fraction of sp³-hybridized carbons (Fsp3) is 0.483. The first-order chi connectivity index (χ1) is 16.8. The number of benzene rings is 1. The van der Waals surface area contributed by atoms with Crippen LogP contribution in [0.2, 0.25) is 0 Å². The molecule has 0 unspecified atom stereocenters. The van der Waals surface area contributed by atoms with E-state index >= 15 is 0 Å². The number of hydrogen-bond acceptors (Lipinski definition) is 5. The van der Waals surface area contributed by atoms with Crippen LogP contribution in [0.15, 0.2) is 35.5 Å². The lowest BCUT2D eigenvalue weighted by molar-refractivity contribution is -0.120. The molecule has 1 amide bonds. The zero-order valence-corrected chi connectivity index (χ0v) is 21.6. The number of allylic oxidation sites excluding steroid dienone is 2. The highest BCUT2D eigenvalue weighted by atomic mass is 32.1. The summed E-state index contributed by atoms with van der Waals surface area (Å²) in [5.74, 6) is 0.603. The lowest BCUT2D eigenvalue weighted by Crippen LogP contribution is -2.43. The molecule has 0 saturated carbocycles. The van der Waals surface area contributed by atoms with Crippen molar-refractivity contribution in [2.24, 2.45) is 5.41 Å². The van der Waals surface area contributed by atoms with Gasteiger partial charge in [-0.1, -0.05) is 32.4 Å². The Labute approximate surface area is 211 Å². The SMILES string of the molecule is CCOc1ccc([C@H]2CC(=O)N(c3sc4c(c3C#N)CCCCC4)C3=C2C(=O)CC(C)(C)C3)cc1. The molecular formula is C29H32N2O3S. The van der Waals surface area contributed by atoms with Crippen molar-refractivity contribution >= 4 is 28.0 Å². The molecule has 182 valence electrons. The average Bonchev–Trinajstić information content (AvgIpc) is 2.98. The van der Waals surface area contributed by atoms with Crippen LogP contribution in [0, 0.1) is 16.7 Å². The second-order valence-corrected chi connectivity index (χ2v) is 11.7. The van der Waals surface area contributed by atoms with Gasteiger partial charge in [-0.2, -0.15) is 5.26 Å². The van der Waals surface area contributed by atoms with Crippen molar-refractivity contribution in [3.63, 3.8) is 0 Å². The number of ether oxygens (including phenoxy) is 1. The number of hydrogen-bond donors (Lipinski definition) is 0. The largest absolute Gasteiger partial charge is 0.494 e. The Morgan fingerprint density at radius 1 is 1.11 bits per heavy atom. The molecule has 1 aromatic heterocycles. The van der Waals surface area contributed by atoms with E-state index in [0.29, 0.717) is 25.0 Å². The molecule has 2 aromatic rings. The van der Waals surface area contributed by atoms with Gasteiger partial charge in [0.15, 0.2) is 5.78 Å². The summed E-state index contributed by atoms with van der Waals surface area (Å²) in [7, 11) is 0. The van der Waals surface area contributed by atoms with Gasteiger partial charge in [0, 0.05) is 34.9 Å². The number of carbonyl (C=O) groups is 2. The number of rotatable bonds is 4. The van der Waals surface area contributed by atoms with Gasteiger partial charge in [0.1, 0.15) is 16.8 Å². The Hall–Kier alpha value is -2.91. The lowest BCUT2D eigenvalue weighted by atomic mass is 9.69. The average molecular weight is 489 g/mol. The zero-order chi connectivity index (χ0) is 24.7. The van der Waals surface area contributed by atoms with Gasteiger partial charge in [-0.15, -0.1) is 11.3 Å². The summed E-state index contributed by atoms with van der Waals surface area (Å²) in [6.07, 6.45) is 6.55. The van der Waals surface area contributed by atoms with E-state index in [1.54, 1.807) is 16.2 Å². The summed E-state index contributed by atoms with van der Waals surface area (Å²) in [4.78, 5) is 30.4. The molecule has 5 rings (SSSR count). The van der Waals surface area contributed by atoms with Crippen molar-refractivity contribution in [3.8, 4) is 11.8 Å². The van der Waals surface area contributed by atoms with E-state index in [1.807, 2.05) is 31.2 Å². The third-order valence-corrected chi connectivity index (χ3v) is 8.73. The van der Waals surface area contributed by atoms with Gasteiger partial charge in [0.2, 0.25) is 5.91 Å². The molecule has 0 bridgehead atoms. The summed E-state index contributed by atoms with van der Waals surface area (Å²) < 4.78 is 5.59. The molecule has 2 heterocycles. The van der Waals surface area contributed by atoms with Crippen LogP contribution in [-0.2, 0) is 22.4 Å². The van der Waals surface area contributed by atoms with E-state index in [0.717, 1.165) is 58.8 Å². The number of fused-ring (bicyclic) bond motifs is 1. The second-order valence-electron chi connectivity index (χ2n) is 10.6. The van der Waals surface area contributed by atoms with E-state index < -0.39 is 0 Å². The minimum Gasteiger partial charge on any atom is -0.494 e. The first kappa shape index (κ1) is 23.8. The van der Waals surface area contributed by atoms with Crippen LogP contribution in [-0.4, -0.2) is 18.3 Å². The van der Waals surface area contributed by atoms with E-state index in [4.69, 9.17) is 4.74 Å². The fourth-order valence-electron chi connectivity index (χ4n) is 5.90. The molecule has 1 atom stereocenters. The Bertz CT molecular complexity index is 1250. The number of ketones is 1. The highest BCUT2D eigenvalue weighted by Crippen LogP contribution is 2.51. The third-order valence-electron chi connectivity index (χ3n) is 7.45. The van der Waals surface area contributed by atoms with Gasteiger partial charge in [0.05, 0.1) is 12.2 Å². The van der Waals surface area contributed by atoms with Crippen molar-refractivity contribution in [2.75, 3.05) is 11.5 Å². The van der Waals surface area contributed by atoms with E-state index in [1.165, 1.54) is 11.3 Å². The molecule has 0 fully saturated rings. The van der Waals surface area contributed by atoms with Gasteiger partial charge in [-0.25, -0.2) is 0 Å². The van der Waals surface area contributed by atoms with Crippen LogP contribution in [0.1, 0.15) is 86.8 Å². The minimum atomic E-state index is -0.267. The third kappa shape index (κ3) is 4.31. The van der Waals surface area contributed by atoms with Gasteiger partial charge in [0.25, 0.3) is 0 Å². The molecule has 2 aliphatic carbocycles. The standard InChI is InChI=1S/C29H32N2O3S/c1-4-34-19-12-10-18(11-13-19)21-14-26(33)31(23-15-29(2,3)16-24(32)27(21)23)28-22(17-30)20-8-6-5-7-9-25(20)35-28/h10-13,21H,4-9,14-16H2,1-3H3/t21-/m1/s1. The number of nitriles is 1. The topological polar surface area (TPSA) is 70.4 Å². The molecule has 0 saturated heterocycles. The van der Waals surface area contributed by atoms with Crippen molar-refractivity contribution in [3.05, 3.63) is 57.1 Å². The summed E-state index contributed by atoms with van der Waals surface area (Å²) in [5, 5.41) is 10.9. The number of anilines is 1. The first-order valence-electron chi connectivity index (χ1n) is 12.7. The number of amides is 1. The van der Waals surface area contributed by atoms with Gasteiger partial charge in [-0.3, -0.25) is 14.5 Å². The highest BCUT2D eigenvalue weighted by molar-refractivity contribution is 7.16. The minimum absolute atomic E-state index is 0.0268. The summed E-state index contributed by atoms with van der Waals surface area (Å²) >= 11 is 1.59. The van der Waals surface area contributed by atoms with E-state index in [2.05, 4.69) is 19.9 Å². The Morgan fingerprint density at radius 3 is 2.57 bits per heavy atom. The number of carbonyl (C=O) groups excluding carboxylic acids is 2. The Balaban J connectivity index is 1.65. The molecule has 3 aliphatic rings. The predicted octanol–water partition coefficient (Wildman–Crippen LogP) is 6.45. The molecular weight excluding hydrogens is 456 g/mol. The Morgan fingerprint density at radius 2 is 1.86 bits per heavy atom. The van der Waals surface area contributed by atoms with Crippen molar-refractivity contribution < 1.29 is 14.3 Å². The molecule has 35 heavy (non-hydrogen) atoms. The summed E-state index contributed by atoms with van der Waals surface area (Å²) in [6, 6.07) is 10.2. The Kier molecular flexibility index (Phi) is 6.31. The predicted molar refractivity (Wildman–Crippen MR) is 138 cm³/mol. The molecule has 1 aliphatic heterocycles. The number of Topliss-reactive ketones (excluding diaryl/α,β-unsaturated/α-hetero) is 1. The van der Waals surface area contributed by atoms with Crippen molar-refractivity contribution in [2.45, 2.75) is 78.1 Å². The van der Waals surface area contributed by atoms with E-state index in [-0.39, 0.29) is 29.4 Å². The quantitative estimate of drug-likeness (QED) is 0.464. The van der Waals surface area contributed by atoms with Crippen LogP contribution < -0.4 is 9.64 Å².